The van der Waals surface area contributed by atoms with Gasteiger partial charge in [0, 0.05) is 24.7 Å². The molecule has 7 heteroatoms. The SMILES string of the molecule is COc1cccc(NC(=O)CCS(=O)(=O)N2CCc3ccccc32)c1. The lowest BCUT2D eigenvalue weighted by Gasteiger charge is -2.19. The van der Waals surface area contributed by atoms with Crippen LogP contribution in [0.4, 0.5) is 11.4 Å². The zero-order chi connectivity index (χ0) is 17.9. The van der Waals surface area contributed by atoms with Crippen LogP contribution in [0.25, 0.3) is 0 Å². The molecule has 0 spiro atoms. The number of nitrogens with one attached hydrogen (secondary N) is 1. The monoisotopic (exact) mass is 360 g/mol. The molecule has 0 saturated heterocycles. The van der Waals surface area contributed by atoms with Crippen LogP contribution in [0.2, 0.25) is 0 Å². The maximum atomic E-state index is 12.6. The topological polar surface area (TPSA) is 75.7 Å². The van der Waals surface area contributed by atoms with Crippen molar-refractivity contribution < 1.29 is 17.9 Å². The quantitative estimate of drug-likeness (QED) is 0.858. The molecule has 0 aromatic heterocycles. The molecule has 6 nitrogen and oxygen atoms in total. The van der Waals surface area contributed by atoms with E-state index in [0.717, 1.165) is 11.3 Å². The van der Waals surface area contributed by atoms with E-state index in [9.17, 15) is 13.2 Å². The van der Waals surface area contributed by atoms with E-state index in [1.807, 2.05) is 18.2 Å². The summed E-state index contributed by atoms with van der Waals surface area (Å²) in [6, 6.07) is 14.4. The van der Waals surface area contributed by atoms with E-state index in [-0.39, 0.29) is 18.1 Å². The summed E-state index contributed by atoms with van der Waals surface area (Å²) in [6.07, 6.45) is 0.601. The first-order valence-corrected chi connectivity index (χ1v) is 9.63. The first-order valence-electron chi connectivity index (χ1n) is 8.02. The molecule has 0 unspecified atom stereocenters. The van der Waals surface area contributed by atoms with Crippen molar-refractivity contribution in [1.82, 2.24) is 0 Å². The van der Waals surface area contributed by atoms with Gasteiger partial charge in [-0.2, -0.15) is 0 Å². The number of ether oxygens (including phenoxy) is 1. The number of sulfonamides is 1. The number of hydrogen-bond acceptors (Lipinski definition) is 4. The summed E-state index contributed by atoms with van der Waals surface area (Å²) in [5, 5.41) is 2.70. The Kier molecular flexibility index (Phi) is 4.94. The molecule has 3 rings (SSSR count). The third-order valence-electron chi connectivity index (χ3n) is 4.12. The first kappa shape index (κ1) is 17.3. The van der Waals surface area contributed by atoms with Gasteiger partial charge >= 0.3 is 0 Å². The normalized spacial score (nSPS) is 13.4. The van der Waals surface area contributed by atoms with Gasteiger partial charge in [0.1, 0.15) is 5.75 Å². The number of para-hydroxylation sites is 1. The molecule has 0 saturated carbocycles. The number of benzene rings is 2. The molecule has 0 fully saturated rings. The Morgan fingerprint density at radius 2 is 2.00 bits per heavy atom. The summed E-state index contributed by atoms with van der Waals surface area (Å²) in [7, 11) is -1.98. The molecule has 0 radical (unpaired) electrons. The van der Waals surface area contributed by atoms with Crippen LogP contribution in [0.3, 0.4) is 0 Å². The van der Waals surface area contributed by atoms with Crippen LogP contribution in [0.1, 0.15) is 12.0 Å². The van der Waals surface area contributed by atoms with E-state index < -0.39 is 10.0 Å². The van der Waals surface area contributed by atoms with Crippen LogP contribution >= 0.6 is 0 Å². The van der Waals surface area contributed by atoms with Crippen molar-refractivity contribution in [2.75, 3.05) is 29.0 Å². The summed E-state index contributed by atoms with van der Waals surface area (Å²) in [6.45, 7) is 0.430. The second-order valence-electron chi connectivity index (χ2n) is 5.80. The second-order valence-corrected chi connectivity index (χ2v) is 7.81. The lowest BCUT2D eigenvalue weighted by atomic mass is 10.2. The van der Waals surface area contributed by atoms with Crippen molar-refractivity contribution in [1.29, 1.82) is 0 Å². The number of rotatable bonds is 6. The Balaban J connectivity index is 1.62. The number of nitrogens with zero attached hydrogens (tertiary/aromatic N) is 1. The van der Waals surface area contributed by atoms with E-state index in [1.165, 1.54) is 4.31 Å². The summed E-state index contributed by atoms with van der Waals surface area (Å²) in [5.74, 6) is 0.0559. The Hall–Kier alpha value is -2.54. The van der Waals surface area contributed by atoms with Gasteiger partial charge in [0.05, 0.1) is 18.6 Å². The van der Waals surface area contributed by atoms with Gasteiger partial charge in [0.15, 0.2) is 0 Å². The third-order valence-corrected chi connectivity index (χ3v) is 5.89. The van der Waals surface area contributed by atoms with Crippen molar-refractivity contribution in [3.8, 4) is 5.75 Å². The molecular formula is C18H20N2O4S. The minimum atomic E-state index is -3.53. The van der Waals surface area contributed by atoms with Gasteiger partial charge in [0.2, 0.25) is 15.9 Å². The molecule has 0 aliphatic carbocycles. The second kappa shape index (κ2) is 7.14. The number of hydrogen-bond donors (Lipinski definition) is 1. The highest BCUT2D eigenvalue weighted by molar-refractivity contribution is 7.92. The van der Waals surface area contributed by atoms with Crippen molar-refractivity contribution in [2.45, 2.75) is 12.8 Å². The number of anilines is 2. The third kappa shape index (κ3) is 3.93. The summed E-state index contributed by atoms with van der Waals surface area (Å²) < 4.78 is 31.7. The standard InChI is InChI=1S/C18H20N2O4S/c1-24-16-7-4-6-15(13-16)19-18(21)10-12-25(22,23)20-11-9-14-5-2-3-8-17(14)20/h2-8,13H,9-12H2,1H3,(H,19,21). The molecule has 1 amide bonds. The fourth-order valence-corrected chi connectivity index (χ4v) is 4.36. The lowest BCUT2D eigenvalue weighted by Crippen LogP contribution is -2.32. The zero-order valence-corrected chi connectivity index (χ0v) is 14.8. The largest absolute Gasteiger partial charge is 0.497 e. The van der Waals surface area contributed by atoms with Crippen LogP contribution in [0, 0.1) is 0 Å². The Labute approximate surface area is 147 Å². The lowest BCUT2D eigenvalue weighted by molar-refractivity contribution is -0.115. The predicted octanol–water partition coefficient (Wildman–Crippen LogP) is 2.42. The Bertz CT molecular complexity index is 880. The number of fused-ring (bicyclic) bond motifs is 1. The molecule has 132 valence electrons. The molecule has 25 heavy (non-hydrogen) atoms. The molecule has 1 aliphatic heterocycles. The molecule has 2 aromatic rings. The maximum Gasteiger partial charge on any atom is 0.235 e. The first-order chi connectivity index (χ1) is 12.0. The molecular weight excluding hydrogens is 340 g/mol. The van der Waals surface area contributed by atoms with Gasteiger partial charge in [-0.25, -0.2) is 8.42 Å². The maximum absolute atomic E-state index is 12.6. The minimum Gasteiger partial charge on any atom is -0.497 e. The zero-order valence-electron chi connectivity index (χ0n) is 13.9. The molecule has 2 aromatic carbocycles. The van der Waals surface area contributed by atoms with Crippen LogP contribution in [0.15, 0.2) is 48.5 Å². The van der Waals surface area contributed by atoms with Gasteiger partial charge in [-0.3, -0.25) is 9.10 Å². The van der Waals surface area contributed by atoms with E-state index in [0.29, 0.717) is 24.4 Å². The Morgan fingerprint density at radius 1 is 1.20 bits per heavy atom. The van der Waals surface area contributed by atoms with Crippen molar-refractivity contribution in [3.05, 3.63) is 54.1 Å². The highest BCUT2D eigenvalue weighted by atomic mass is 32.2. The Morgan fingerprint density at radius 3 is 2.80 bits per heavy atom. The van der Waals surface area contributed by atoms with Crippen LogP contribution in [-0.2, 0) is 21.2 Å². The highest BCUT2D eigenvalue weighted by Gasteiger charge is 2.29. The summed E-state index contributed by atoms with van der Waals surface area (Å²) in [4.78, 5) is 12.1. The molecule has 1 N–H and O–H groups in total. The molecule has 0 atom stereocenters. The van der Waals surface area contributed by atoms with Crippen LogP contribution < -0.4 is 14.4 Å². The summed E-state index contributed by atoms with van der Waals surface area (Å²) in [5.41, 5.74) is 2.32. The fourth-order valence-electron chi connectivity index (χ4n) is 2.85. The number of amides is 1. The summed E-state index contributed by atoms with van der Waals surface area (Å²) >= 11 is 0. The molecule has 1 aliphatic rings. The van der Waals surface area contributed by atoms with Crippen LogP contribution in [0.5, 0.6) is 5.75 Å². The minimum absolute atomic E-state index is 0.0990. The number of carbonyl (C=O) groups excluding carboxylic acids is 1. The van der Waals surface area contributed by atoms with Gasteiger partial charge in [-0.15, -0.1) is 0 Å². The van der Waals surface area contributed by atoms with Gasteiger partial charge in [-0.05, 0) is 30.2 Å². The fraction of sp³-hybridized carbons (Fsp3) is 0.278. The average molecular weight is 360 g/mol. The molecule has 1 heterocycles. The number of methoxy groups -OCH3 is 1. The van der Waals surface area contributed by atoms with Crippen molar-refractivity contribution in [2.24, 2.45) is 0 Å². The van der Waals surface area contributed by atoms with Gasteiger partial charge < -0.3 is 10.1 Å². The van der Waals surface area contributed by atoms with E-state index in [1.54, 1.807) is 37.4 Å². The van der Waals surface area contributed by atoms with E-state index >= 15 is 0 Å². The van der Waals surface area contributed by atoms with Gasteiger partial charge in [-0.1, -0.05) is 24.3 Å². The van der Waals surface area contributed by atoms with Crippen LogP contribution in [-0.4, -0.2) is 33.7 Å². The number of carbonyl (C=O) groups is 1. The van der Waals surface area contributed by atoms with Crippen molar-refractivity contribution >= 4 is 27.3 Å². The smallest absolute Gasteiger partial charge is 0.235 e. The van der Waals surface area contributed by atoms with Crippen molar-refractivity contribution in [3.63, 3.8) is 0 Å². The highest BCUT2D eigenvalue weighted by Crippen LogP contribution is 2.30. The average Bonchev–Trinajstić information content (AvgIpc) is 3.05. The van der Waals surface area contributed by atoms with E-state index in [2.05, 4.69) is 5.32 Å². The predicted molar refractivity (Wildman–Crippen MR) is 97.5 cm³/mol. The molecule has 0 bridgehead atoms. The van der Waals surface area contributed by atoms with Gasteiger partial charge in [0.25, 0.3) is 0 Å². The van der Waals surface area contributed by atoms with E-state index in [4.69, 9.17) is 4.74 Å².